The second-order valence-corrected chi connectivity index (χ2v) is 4.94. The van der Waals surface area contributed by atoms with Gasteiger partial charge in [-0.3, -0.25) is 13.7 Å². The summed E-state index contributed by atoms with van der Waals surface area (Å²) in [6.07, 6.45) is 0. The fraction of sp³-hybridized carbons (Fsp3) is 0.143. The molecule has 1 aromatic rings. The van der Waals surface area contributed by atoms with Gasteiger partial charge in [0.2, 0.25) is 0 Å². The largest absolute Gasteiger partial charge is 0.354 e. The molecule has 1 aromatic carbocycles. The molecule has 0 aliphatic rings. The van der Waals surface area contributed by atoms with Crippen molar-refractivity contribution >= 4 is 16.3 Å². The molecular formula is C7H8F2O6P2. The Bertz CT molecular complexity index is 481. The Kier molecular flexibility index (Phi) is 4.55. The fourth-order valence-corrected chi connectivity index (χ4v) is 2.50. The van der Waals surface area contributed by atoms with Crippen LogP contribution in [0.5, 0.6) is 0 Å². The summed E-state index contributed by atoms with van der Waals surface area (Å²) in [7, 11) is -7.85. The van der Waals surface area contributed by atoms with E-state index >= 15 is 0 Å². The van der Waals surface area contributed by atoms with Gasteiger partial charge in [0.05, 0.1) is 5.56 Å². The molecule has 0 aliphatic carbocycles. The first-order chi connectivity index (χ1) is 7.79. The van der Waals surface area contributed by atoms with Crippen LogP contribution in [0.4, 0.5) is 8.78 Å². The van der Waals surface area contributed by atoms with E-state index in [1.165, 1.54) is 0 Å². The van der Waals surface area contributed by atoms with Crippen LogP contribution in [0.3, 0.4) is 0 Å². The molecule has 0 heterocycles. The fourth-order valence-electron chi connectivity index (χ4n) is 1.11. The molecule has 3 atom stereocenters. The van der Waals surface area contributed by atoms with Crippen molar-refractivity contribution in [1.82, 2.24) is 0 Å². The normalized spacial score (nSPS) is 18.4. The van der Waals surface area contributed by atoms with Crippen molar-refractivity contribution < 1.29 is 37.3 Å². The second kappa shape index (κ2) is 5.35. The Hall–Kier alpha value is -0.620. The zero-order chi connectivity index (χ0) is 13.2. The highest BCUT2D eigenvalue weighted by molar-refractivity contribution is 7.40. The van der Waals surface area contributed by atoms with Gasteiger partial charge in [-0.1, -0.05) is 6.07 Å². The maximum Gasteiger partial charge on any atom is 0.319 e. The monoisotopic (exact) mass is 288 g/mol. The molecule has 10 heteroatoms. The third-order valence-electron chi connectivity index (χ3n) is 1.84. The highest BCUT2D eigenvalue weighted by atomic mass is 31.1. The third-order valence-corrected chi connectivity index (χ3v) is 3.47. The molecule has 17 heavy (non-hydrogen) atoms. The molecule has 0 saturated heterocycles. The van der Waals surface area contributed by atoms with Crippen LogP contribution in [0.1, 0.15) is 5.56 Å². The molecule has 3 N–H and O–H groups in total. The van der Waals surface area contributed by atoms with Crippen LogP contribution in [0.2, 0.25) is 0 Å². The molecule has 0 aromatic heterocycles. The summed E-state index contributed by atoms with van der Waals surface area (Å²) in [6.45, 7) is 0. The molecule has 1 rings (SSSR count). The number of halogens is 2. The summed E-state index contributed by atoms with van der Waals surface area (Å²) < 4.78 is 51.5. The Morgan fingerprint density at radius 1 is 1.24 bits per heavy atom. The van der Waals surface area contributed by atoms with Crippen molar-refractivity contribution in [3.05, 3.63) is 35.4 Å². The van der Waals surface area contributed by atoms with Gasteiger partial charge in [-0.15, -0.1) is 0 Å². The lowest BCUT2D eigenvalue weighted by atomic mass is 10.2. The molecule has 96 valence electrons. The van der Waals surface area contributed by atoms with Crippen molar-refractivity contribution in [3.63, 3.8) is 0 Å². The third kappa shape index (κ3) is 2.98. The van der Waals surface area contributed by atoms with Gasteiger partial charge < -0.3 is 14.9 Å². The summed E-state index contributed by atoms with van der Waals surface area (Å²) in [5.74, 6) is -3.03. The topological polar surface area (TPSA) is 104 Å². The van der Waals surface area contributed by atoms with Crippen molar-refractivity contribution in [2.75, 3.05) is 0 Å². The van der Waals surface area contributed by atoms with Gasteiger partial charge in [-0.25, -0.2) is 8.78 Å². The van der Waals surface area contributed by atoms with Crippen molar-refractivity contribution in [1.29, 1.82) is 0 Å². The van der Waals surface area contributed by atoms with Crippen LogP contribution in [-0.4, -0.2) is 14.9 Å². The molecule has 0 aliphatic heterocycles. The average molecular weight is 288 g/mol. The Balaban J connectivity index is 3.37. The minimum absolute atomic E-state index is 0.704. The highest BCUT2D eigenvalue weighted by Crippen LogP contribution is 2.48. The lowest BCUT2D eigenvalue weighted by Crippen LogP contribution is -2.24. The van der Waals surface area contributed by atoms with Crippen LogP contribution in [0, 0.1) is 11.6 Å². The first-order valence-corrected chi connectivity index (χ1v) is 6.73. The summed E-state index contributed by atoms with van der Waals surface area (Å²) in [6, 6.07) is 2.42. The van der Waals surface area contributed by atoms with Crippen LogP contribution in [0.25, 0.3) is 0 Å². The molecule has 0 fully saturated rings. The number of hydrogen-bond donors (Lipinski definition) is 3. The predicted molar refractivity (Wildman–Crippen MR) is 53.8 cm³/mol. The van der Waals surface area contributed by atoms with Crippen molar-refractivity contribution in [2.45, 2.75) is 5.53 Å². The summed E-state index contributed by atoms with van der Waals surface area (Å²) >= 11 is 0. The second-order valence-electron chi connectivity index (χ2n) is 2.92. The Morgan fingerprint density at radius 2 is 1.82 bits per heavy atom. The van der Waals surface area contributed by atoms with Gasteiger partial charge in [0.25, 0.3) is 13.6 Å². The molecular weight excluding hydrogens is 280 g/mol. The van der Waals surface area contributed by atoms with Crippen LogP contribution in [0.15, 0.2) is 18.2 Å². The smallest absolute Gasteiger partial charge is 0.319 e. The van der Waals surface area contributed by atoms with Crippen LogP contribution >= 0.6 is 16.3 Å². The number of benzene rings is 1. The molecule has 0 amide bonds. The van der Waals surface area contributed by atoms with Gasteiger partial charge in [0.15, 0.2) is 11.6 Å². The minimum atomic E-state index is -4.02. The zero-order valence-corrected chi connectivity index (χ0v) is 10.1. The lowest BCUT2D eigenvalue weighted by Gasteiger charge is -2.24. The summed E-state index contributed by atoms with van der Waals surface area (Å²) in [5, 5.41) is 9.55. The number of aliphatic hydroxyl groups is 1. The van der Waals surface area contributed by atoms with E-state index < -0.39 is 39.0 Å². The van der Waals surface area contributed by atoms with Crippen molar-refractivity contribution in [3.8, 4) is 0 Å². The SMILES string of the molecule is O=[PH](O)OC(O)(c1cccc(F)c1F)[PH](=O)O. The first-order valence-electron chi connectivity index (χ1n) is 4.11. The van der Waals surface area contributed by atoms with Crippen LogP contribution in [-0.2, 0) is 19.2 Å². The first kappa shape index (κ1) is 14.4. The lowest BCUT2D eigenvalue weighted by molar-refractivity contribution is -0.0768. The molecule has 0 bridgehead atoms. The van der Waals surface area contributed by atoms with Gasteiger partial charge in [-0.05, 0) is 12.1 Å². The number of rotatable bonds is 4. The van der Waals surface area contributed by atoms with Crippen LogP contribution < -0.4 is 0 Å². The number of hydrogen-bond acceptors (Lipinski definition) is 4. The van der Waals surface area contributed by atoms with E-state index in [1.807, 2.05) is 0 Å². The molecule has 6 nitrogen and oxygen atoms in total. The summed E-state index contributed by atoms with van der Waals surface area (Å²) in [4.78, 5) is 17.3. The van der Waals surface area contributed by atoms with E-state index in [0.29, 0.717) is 6.07 Å². The van der Waals surface area contributed by atoms with Gasteiger partial charge >= 0.3 is 8.25 Å². The minimum Gasteiger partial charge on any atom is -0.354 e. The maximum absolute atomic E-state index is 13.3. The van der Waals surface area contributed by atoms with Gasteiger partial charge in [0, 0.05) is 0 Å². The average Bonchev–Trinajstić information content (AvgIpc) is 2.20. The standard InChI is InChI=1S/C7H8F2O6P2/c8-5-3-1-2-4(6(5)9)7(10,16(11)12)15-17(13)14/h1-3,10,16-17H,(H,11,12)(H,13,14). The quantitative estimate of drug-likeness (QED) is 0.562. The Labute approximate surface area is 95.3 Å². The van der Waals surface area contributed by atoms with Gasteiger partial charge in [0.1, 0.15) is 0 Å². The molecule has 0 spiro atoms. The van der Waals surface area contributed by atoms with E-state index in [-0.39, 0.29) is 0 Å². The molecule has 3 unspecified atom stereocenters. The highest BCUT2D eigenvalue weighted by Gasteiger charge is 2.41. The van der Waals surface area contributed by atoms with E-state index in [1.54, 1.807) is 0 Å². The molecule has 0 saturated carbocycles. The van der Waals surface area contributed by atoms with E-state index in [9.17, 15) is 23.0 Å². The Morgan fingerprint density at radius 3 is 2.29 bits per heavy atom. The summed E-state index contributed by atoms with van der Waals surface area (Å²) in [5.41, 5.74) is -4.25. The predicted octanol–water partition coefficient (Wildman–Crippen LogP) is 0.933. The van der Waals surface area contributed by atoms with E-state index in [0.717, 1.165) is 12.1 Å². The van der Waals surface area contributed by atoms with Gasteiger partial charge in [-0.2, -0.15) is 0 Å². The van der Waals surface area contributed by atoms with Crippen molar-refractivity contribution in [2.24, 2.45) is 0 Å². The zero-order valence-electron chi connectivity index (χ0n) is 8.05. The van der Waals surface area contributed by atoms with E-state index in [2.05, 4.69) is 4.52 Å². The molecule has 0 radical (unpaired) electrons. The maximum atomic E-state index is 13.3. The van der Waals surface area contributed by atoms with E-state index in [4.69, 9.17) is 9.79 Å².